The van der Waals surface area contributed by atoms with Gasteiger partial charge in [0.25, 0.3) is 0 Å². The molecular formula is C11H19Hf. The second-order valence-corrected chi connectivity index (χ2v) is 14.1. The maximum atomic E-state index is 2.50. The molecule has 0 atom stereocenters. The Kier molecular flexibility index (Phi) is 3.14. The van der Waals surface area contributed by atoms with Crippen molar-refractivity contribution in [3.8, 4) is 0 Å². The van der Waals surface area contributed by atoms with Crippen molar-refractivity contribution < 1.29 is 21.4 Å². The van der Waals surface area contributed by atoms with Gasteiger partial charge in [-0.15, -0.1) is 0 Å². The van der Waals surface area contributed by atoms with Crippen molar-refractivity contribution in [2.24, 2.45) is 5.41 Å². The summed E-state index contributed by atoms with van der Waals surface area (Å²) in [5.74, 6) is 0. The molecule has 0 aliphatic heterocycles. The number of hydrogen-bond donors (Lipinski definition) is 0. The van der Waals surface area contributed by atoms with E-state index in [4.69, 9.17) is 0 Å². The number of hydrogen-bond acceptors (Lipinski definition) is 0. The Hall–Kier alpha value is 0.350. The van der Waals surface area contributed by atoms with Crippen molar-refractivity contribution in [2.75, 3.05) is 0 Å². The van der Waals surface area contributed by atoms with Gasteiger partial charge in [-0.25, -0.2) is 0 Å². The molecule has 0 fully saturated rings. The zero-order valence-corrected chi connectivity index (χ0v) is 12.5. The van der Waals surface area contributed by atoms with E-state index < -0.39 is 21.4 Å². The summed E-state index contributed by atoms with van der Waals surface area (Å²) in [6.45, 7) is 6.98. The molecule has 12 heavy (non-hydrogen) atoms. The maximum absolute atomic E-state index is 2.50. The second kappa shape index (κ2) is 3.61. The standard InChI is InChI=1S/C9H13.2CH3.Hf/c1-9(2,3)8-6-4-5-7-8;;;/h4,6H,5H2,1-3H3;2*1H3;. The van der Waals surface area contributed by atoms with Crippen LogP contribution >= 0.6 is 0 Å². The van der Waals surface area contributed by atoms with Crippen molar-refractivity contribution in [3.05, 3.63) is 21.1 Å². The zero-order valence-electron chi connectivity index (χ0n) is 8.86. The van der Waals surface area contributed by atoms with E-state index in [1.165, 1.54) is 6.42 Å². The summed E-state index contributed by atoms with van der Waals surface area (Å²) >= 11 is -1.24. The number of rotatable bonds is 1. The molecule has 0 nitrogen and oxygen atoms in total. The minimum absolute atomic E-state index is 0.379. The summed E-state index contributed by atoms with van der Waals surface area (Å²) < 4.78 is 6.84. The van der Waals surface area contributed by atoms with Gasteiger partial charge in [-0.1, -0.05) is 0 Å². The Balaban J connectivity index is 2.98. The monoisotopic (exact) mass is 331 g/mol. The first kappa shape index (κ1) is 10.4. The van der Waals surface area contributed by atoms with Gasteiger partial charge in [0.1, 0.15) is 0 Å². The Morgan fingerprint density at radius 3 is 2.17 bits per heavy atom. The minimum atomic E-state index is -1.24. The molecule has 0 bridgehead atoms. The van der Waals surface area contributed by atoms with Crippen molar-refractivity contribution >= 4 is 0 Å². The van der Waals surface area contributed by atoms with Crippen LogP contribution in [0.4, 0.5) is 0 Å². The van der Waals surface area contributed by atoms with Gasteiger partial charge in [0.15, 0.2) is 0 Å². The Morgan fingerprint density at radius 1 is 1.25 bits per heavy atom. The van der Waals surface area contributed by atoms with Crippen LogP contribution in [0.1, 0.15) is 27.2 Å². The SMILES string of the molecule is [CH3][Hf]([CH3])[C]1=C(C(C)(C)C)C=CC1. The fraction of sp³-hybridized carbons (Fsp3) is 0.636. The molecule has 0 aromatic rings. The summed E-state index contributed by atoms with van der Waals surface area (Å²) in [6, 6.07) is 0. The van der Waals surface area contributed by atoms with Crippen LogP contribution in [-0.4, -0.2) is 0 Å². The molecule has 0 amide bonds. The van der Waals surface area contributed by atoms with Crippen LogP contribution in [-0.2, 0) is 21.4 Å². The molecule has 0 radical (unpaired) electrons. The van der Waals surface area contributed by atoms with Gasteiger partial charge in [-0.3, -0.25) is 0 Å². The van der Waals surface area contributed by atoms with Gasteiger partial charge in [-0.05, 0) is 0 Å². The third kappa shape index (κ3) is 2.18. The molecule has 0 heterocycles. The molecule has 0 N–H and O–H groups in total. The molecular weight excluding hydrogens is 311 g/mol. The van der Waals surface area contributed by atoms with Crippen LogP contribution in [0.15, 0.2) is 21.1 Å². The summed E-state index contributed by atoms with van der Waals surface area (Å²) in [7, 11) is 0. The molecule has 0 aromatic carbocycles. The molecule has 0 saturated heterocycles. The van der Waals surface area contributed by atoms with E-state index in [-0.39, 0.29) is 0 Å². The normalized spacial score (nSPS) is 17.4. The van der Waals surface area contributed by atoms with Gasteiger partial charge < -0.3 is 0 Å². The van der Waals surface area contributed by atoms with Gasteiger partial charge in [0.05, 0.1) is 0 Å². The summed E-state index contributed by atoms with van der Waals surface area (Å²) in [5, 5.41) is 0. The molecule has 1 rings (SSSR count). The first-order valence-corrected chi connectivity index (χ1v) is 13.6. The first-order chi connectivity index (χ1) is 5.43. The van der Waals surface area contributed by atoms with Crippen LogP contribution in [0.5, 0.6) is 0 Å². The van der Waals surface area contributed by atoms with Crippen LogP contribution < -0.4 is 0 Å². The van der Waals surface area contributed by atoms with E-state index in [0.29, 0.717) is 5.41 Å². The predicted molar refractivity (Wildman–Crippen MR) is 52.0 cm³/mol. The Labute approximate surface area is 84.3 Å². The molecule has 1 aliphatic carbocycles. The molecule has 1 heteroatoms. The third-order valence-corrected chi connectivity index (χ3v) is 8.38. The van der Waals surface area contributed by atoms with Crippen LogP contribution in [0.2, 0.25) is 9.36 Å². The van der Waals surface area contributed by atoms with Crippen LogP contribution in [0.25, 0.3) is 0 Å². The fourth-order valence-electron chi connectivity index (χ4n) is 1.68. The molecule has 0 spiro atoms. The second-order valence-electron chi connectivity index (χ2n) is 4.75. The summed E-state index contributed by atoms with van der Waals surface area (Å²) in [5.41, 5.74) is 2.03. The van der Waals surface area contributed by atoms with Gasteiger partial charge in [-0.2, -0.15) is 0 Å². The van der Waals surface area contributed by atoms with E-state index in [2.05, 4.69) is 42.3 Å². The van der Waals surface area contributed by atoms with Crippen molar-refractivity contribution in [2.45, 2.75) is 36.6 Å². The van der Waals surface area contributed by atoms with E-state index in [9.17, 15) is 0 Å². The predicted octanol–water partition coefficient (Wildman–Crippen LogP) is 3.96. The molecule has 67 valence electrons. The third-order valence-electron chi connectivity index (χ3n) is 2.34. The van der Waals surface area contributed by atoms with Crippen molar-refractivity contribution in [1.29, 1.82) is 0 Å². The fourth-order valence-corrected chi connectivity index (χ4v) is 7.15. The number of allylic oxidation sites excluding steroid dienone is 4. The summed E-state index contributed by atoms with van der Waals surface area (Å²) in [4.78, 5) is 0. The van der Waals surface area contributed by atoms with Crippen molar-refractivity contribution in [3.63, 3.8) is 0 Å². The van der Waals surface area contributed by atoms with Gasteiger partial charge in [0.2, 0.25) is 0 Å². The van der Waals surface area contributed by atoms with E-state index in [0.717, 1.165) is 0 Å². The quantitative estimate of drug-likeness (QED) is 0.639. The van der Waals surface area contributed by atoms with Gasteiger partial charge in [0, 0.05) is 0 Å². The van der Waals surface area contributed by atoms with E-state index >= 15 is 0 Å². The Morgan fingerprint density at radius 2 is 1.83 bits per heavy atom. The molecule has 0 unspecified atom stereocenters. The van der Waals surface area contributed by atoms with E-state index in [1.807, 2.05) is 3.33 Å². The molecule has 0 saturated carbocycles. The molecule has 0 aromatic heterocycles. The first-order valence-electron chi connectivity index (χ1n) is 4.63. The Bertz CT molecular complexity index is 226. The summed E-state index contributed by atoms with van der Waals surface area (Å²) in [6.07, 6.45) is 5.96. The van der Waals surface area contributed by atoms with Gasteiger partial charge >= 0.3 is 84.5 Å². The van der Waals surface area contributed by atoms with Crippen LogP contribution in [0.3, 0.4) is 0 Å². The van der Waals surface area contributed by atoms with E-state index in [1.54, 1.807) is 5.57 Å². The topological polar surface area (TPSA) is 0 Å². The zero-order chi connectivity index (χ0) is 9.35. The van der Waals surface area contributed by atoms with Crippen LogP contribution in [0, 0.1) is 5.41 Å². The molecule has 1 aliphatic rings. The van der Waals surface area contributed by atoms with Crippen molar-refractivity contribution in [1.82, 2.24) is 0 Å². The average Bonchev–Trinajstić information content (AvgIpc) is 2.30. The average molecular weight is 330 g/mol.